The molecule has 8 heteroatoms. The van der Waals surface area contributed by atoms with Crippen molar-refractivity contribution in [3.8, 4) is 11.5 Å². The molecular weight excluding hydrogens is 416 g/mol. The standard InChI is InChI=1S/C19H21BrN2O5/c1-25-15-10-12(11-16(26-2)17(15)20)18(23)21-13-5-7-22(8-6-13)19(24)14-4-3-9-27-14/h3-4,9-11,13H,5-8H2,1-2H3,(H,21,23). The van der Waals surface area contributed by atoms with Crippen molar-refractivity contribution >= 4 is 27.7 Å². The van der Waals surface area contributed by atoms with Crippen LogP contribution >= 0.6 is 15.9 Å². The predicted molar refractivity (Wildman–Crippen MR) is 102 cm³/mol. The van der Waals surface area contributed by atoms with Crippen molar-refractivity contribution in [1.29, 1.82) is 0 Å². The van der Waals surface area contributed by atoms with Gasteiger partial charge in [0.2, 0.25) is 0 Å². The lowest BCUT2D eigenvalue weighted by Gasteiger charge is -2.32. The van der Waals surface area contributed by atoms with Crippen molar-refractivity contribution in [2.45, 2.75) is 18.9 Å². The van der Waals surface area contributed by atoms with Crippen LogP contribution in [0.1, 0.15) is 33.8 Å². The monoisotopic (exact) mass is 436 g/mol. The molecular formula is C19H21BrN2O5. The molecule has 1 aromatic heterocycles. The number of benzene rings is 1. The number of furan rings is 1. The zero-order chi connectivity index (χ0) is 19.4. The van der Waals surface area contributed by atoms with Crippen molar-refractivity contribution in [3.05, 3.63) is 46.3 Å². The van der Waals surface area contributed by atoms with E-state index in [2.05, 4.69) is 21.2 Å². The Morgan fingerprint density at radius 1 is 1.19 bits per heavy atom. The molecule has 0 radical (unpaired) electrons. The molecule has 0 saturated carbocycles. The topological polar surface area (TPSA) is 81.0 Å². The Kier molecular flexibility index (Phi) is 6.05. The Balaban J connectivity index is 1.60. The third-order valence-electron chi connectivity index (χ3n) is 4.56. The molecule has 144 valence electrons. The lowest BCUT2D eigenvalue weighted by Crippen LogP contribution is -2.46. The first-order valence-electron chi connectivity index (χ1n) is 8.58. The van der Waals surface area contributed by atoms with Crippen molar-refractivity contribution in [3.63, 3.8) is 0 Å². The number of carbonyl (C=O) groups is 2. The number of hydrogen-bond acceptors (Lipinski definition) is 5. The second-order valence-electron chi connectivity index (χ2n) is 6.21. The van der Waals surface area contributed by atoms with E-state index in [9.17, 15) is 9.59 Å². The van der Waals surface area contributed by atoms with E-state index < -0.39 is 0 Å². The molecule has 27 heavy (non-hydrogen) atoms. The molecule has 1 N–H and O–H groups in total. The van der Waals surface area contributed by atoms with E-state index in [1.807, 2.05) is 0 Å². The number of rotatable bonds is 5. The summed E-state index contributed by atoms with van der Waals surface area (Å²) in [5, 5.41) is 3.02. The number of likely N-dealkylation sites (tertiary alicyclic amines) is 1. The van der Waals surface area contributed by atoms with Gasteiger partial charge in [-0.15, -0.1) is 0 Å². The molecule has 0 bridgehead atoms. The minimum absolute atomic E-state index is 0.00112. The highest BCUT2D eigenvalue weighted by Crippen LogP contribution is 2.35. The fraction of sp³-hybridized carbons (Fsp3) is 0.368. The molecule has 3 rings (SSSR count). The number of piperidine rings is 1. The zero-order valence-corrected chi connectivity index (χ0v) is 16.7. The number of hydrogen-bond donors (Lipinski definition) is 1. The number of carbonyl (C=O) groups excluding carboxylic acids is 2. The predicted octanol–water partition coefficient (Wildman–Crippen LogP) is 3.09. The van der Waals surface area contributed by atoms with Gasteiger partial charge in [0.15, 0.2) is 5.76 Å². The van der Waals surface area contributed by atoms with Crippen LogP contribution < -0.4 is 14.8 Å². The summed E-state index contributed by atoms with van der Waals surface area (Å²) in [4.78, 5) is 26.7. The van der Waals surface area contributed by atoms with E-state index in [1.165, 1.54) is 20.5 Å². The van der Waals surface area contributed by atoms with Crippen molar-refractivity contribution in [2.75, 3.05) is 27.3 Å². The second kappa shape index (κ2) is 8.47. The summed E-state index contributed by atoms with van der Waals surface area (Å²) in [6.45, 7) is 1.13. The van der Waals surface area contributed by atoms with Crippen LogP contribution in [0.15, 0.2) is 39.4 Å². The zero-order valence-electron chi connectivity index (χ0n) is 15.2. The Morgan fingerprint density at radius 3 is 2.33 bits per heavy atom. The van der Waals surface area contributed by atoms with Gasteiger partial charge >= 0.3 is 0 Å². The molecule has 1 fully saturated rings. The maximum Gasteiger partial charge on any atom is 0.289 e. The Labute approximate surface area is 165 Å². The molecule has 7 nitrogen and oxygen atoms in total. The van der Waals surface area contributed by atoms with E-state index in [0.717, 1.165) is 0 Å². The number of methoxy groups -OCH3 is 2. The summed E-state index contributed by atoms with van der Waals surface area (Å²) in [6.07, 6.45) is 2.85. The smallest absolute Gasteiger partial charge is 0.289 e. The molecule has 1 aliphatic rings. The molecule has 2 aromatic rings. The third kappa shape index (κ3) is 4.27. The van der Waals surface area contributed by atoms with Gasteiger partial charge in [0.05, 0.1) is 20.5 Å². The van der Waals surface area contributed by atoms with E-state index in [4.69, 9.17) is 13.9 Å². The van der Waals surface area contributed by atoms with Crippen LogP contribution in [0.25, 0.3) is 0 Å². The molecule has 0 unspecified atom stereocenters. The van der Waals surface area contributed by atoms with Crippen LogP contribution in [0.3, 0.4) is 0 Å². The lowest BCUT2D eigenvalue weighted by atomic mass is 10.0. The number of nitrogens with one attached hydrogen (secondary N) is 1. The van der Waals surface area contributed by atoms with Crippen molar-refractivity contribution in [2.24, 2.45) is 0 Å². The Hall–Kier alpha value is -2.48. The summed E-state index contributed by atoms with van der Waals surface area (Å²) >= 11 is 3.39. The number of nitrogens with zero attached hydrogens (tertiary/aromatic N) is 1. The second-order valence-corrected chi connectivity index (χ2v) is 7.00. The van der Waals surface area contributed by atoms with Crippen LogP contribution in [0.5, 0.6) is 11.5 Å². The van der Waals surface area contributed by atoms with E-state index in [1.54, 1.807) is 29.2 Å². The average molecular weight is 437 g/mol. The van der Waals surface area contributed by atoms with Gasteiger partial charge in [0.25, 0.3) is 11.8 Å². The van der Waals surface area contributed by atoms with Gasteiger partial charge in [-0.1, -0.05) is 0 Å². The largest absolute Gasteiger partial charge is 0.495 e. The molecule has 1 aromatic carbocycles. The molecule has 1 aliphatic heterocycles. The first kappa shape index (κ1) is 19.3. The average Bonchev–Trinajstić information content (AvgIpc) is 3.23. The maximum atomic E-state index is 12.6. The van der Waals surface area contributed by atoms with Crippen LogP contribution in [0, 0.1) is 0 Å². The van der Waals surface area contributed by atoms with Crippen LogP contribution in [0.4, 0.5) is 0 Å². The van der Waals surface area contributed by atoms with Gasteiger partial charge in [-0.25, -0.2) is 0 Å². The summed E-state index contributed by atoms with van der Waals surface area (Å²) in [7, 11) is 3.07. The molecule has 0 atom stereocenters. The van der Waals surface area contributed by atoms with E-state index in [-0.39, 0.29) is 17.9 Å². The van der Waals surface area contributed by atoms with Gasteiger partial charge in [-0.3, -0.25) is 9.59 Å². The van der Waals surface area contributed by atoms with Gasteiger partial charge < -0.3 is 24.1 Å². The molecule has 0 spiro atoms. The first-order valence-corrected chi connectivity index (χ1v) is 9.38. The summed E-state index contributed by atoms with van der Waals surface area (Å²) in [6, 6.07) is 6.68. The van der Waals surface area contributed by atoms with Gasteiger partial charge in [-0.2, -0.15) is 0 Å². The quantitative estimate of drug-likeness (QED) is 0.778. The van der Waals surface area contributed by atoms with Gasteiger partial charge in [0.1, 0.15) is 16.0 Å². The first-order chi connectivity index (χ1) is 13.0. The van der Waals surface area contributed by atoms with Gasteiger partial charge in [-0.05, 0) is 53.0 Å². The molecule has 0 aliphatic carbocycles. The van der Waals surface area contributed by atoms with Gasteiger partial charge in [0, 0.05) is 24.7 Å². The Bertz CT molecular complexity index is 789. The lowest BCUT2D eigenvalue weighted by molar-refractivity contribution is 0.0667. The fourth-order valence-electron chi connectivity index (χ4n) is 3.05. The molecule has 2 heterocycles. The SMILES string of the molecule is COc1cc(C(=O)NC2CCN(C(=O)c3ccco3)CC2)cc(OC)c1Br. The number of halogens is 1. The summed E-state index contributed by atoms with van der Waals surface area (Å²) < 4.78 is 16.4. The van der Waals surface area contributed by atoms with Crippen LogP contribution in [0.2, 0.25) is 0 Å². The minimum Gasteiger partial charge on any atom is -0.495 e. The van der Waals surface area contributed by atoms with Crippen LogP contribution in [-0.2, 0) is 0 Å². The van der Waals surface area contributed by atoms with Crippen molar-refractivity contribution < 1.29 is 23.5 Å². The summed E-state index contributed by atoms with van der Waals surface area (Å²) in [5.41, 5.74) is 0.459. The third-order valence-corrected chi connectivity index (χ3v) is 5.34. The minimum atomic E-state index is -0.199. The van der Waals surface area contributed by atoms with E-state index in [0.29, 0.717) is 53.2 Å². The highest BCUT2D eigenvalue weighted by Gasteiger charge is 2.26. The normalized spacial score (nSPS) is 14.7. The number of amides is 2. The van der Waals surface area contributed by atoms with E-state index >= 15 is 0 Å². The molecule has 2 amide bonds. The molecule has 1 saturated heterocycles. The highest BCUT2D eigenvalue weighted by molar-refractivity contribution is 9.10. The fourth-order valence-corrected chi connectivity index (χ4v) is 3.60. The highest BCUT2D eigenvalue weighted by atomic mass is 79.9. The van der Waals surface area contributed by atoms with Crippen LogP contribution in [-0.4, -0.2) is 50.1 Å². The number of ether oxygens (including phenoxy) is 2. The Morgan fingerprint density at radius 2 is 1.81 bits per heavy atom. The van der Waals surface area contributed by atoms with Crippen molar-refractivity contribution in [1.82, 2.24) is 10.2 Å². The summed E-state index contributed by atoms with van der Waals surface area (Å²) in [5.74, 6) is 1.07. The maximum absolute atomic E-state index is 12.6.